The molecule has 1 heterocycles. The highest BCUT2D eigenvalue weighted by molar-refractivity contribution is 6.36. The fraction of sp³-hybridized carbons (Fsp3) is 0.133. The maximum absolute atomic E-state index is 13.9. The highest BCUT2D eigenvalue weighted by atomic mass is 35.5. The molecule has 0 fully saturated rings. The number of nitrogens with zero attached hydrogens (tertiary/aromatic N) is 1. The first-order valence-corrected chi connectivity index (χ1v) is 6.75. The Morgan fingerprint density at radius 2 is 2.10 bits per heavy atom. The van der Waals surface area contributed by atoms with Crippen LogP contribution in [0.4, 0.5) is 4.39 Å². The summed E-state index contributed by atoms with van der Waals surface area (Å²) >= 11 is 6.26. The van der Waals surface area contributed by atoms with Crippen molar-refractivity contribution in [3.63, 3.8) is 0 Å². The Labute approximate surface area is 125 Å². The van der Waals surface area contributed by atoms with Gasteiger partial charge in [0.1, 0.15) is 23.9 Å². The Bertz CT molecular complexity index is 788. The first-order valence-electron chi connectivity index (χ1n) is 6.37. The standard InChI is InChI=1S/C15H12ClFN2O2/c16-11-7-9(20-6-5-18)8-13-14(11)15(19-21-13)10-3-1-2-4-12(10)17/h1-4,7-8H,5-6,18H2. The molecule has 2 aromatic carbocycles. The van der Waals surface area contributed by atoms with Crippen molar-refractivity contribution in [2.45, 2.75) is 0 Å². The molecule has 2 N–H and O–H groups in total. The number of benzene rings is 2. The zero-order valence-electron chi connectivity index (χ0n) is 11.0. The van der Waals surface area contributed by atoms with Gasteiger partial charge >= 0.3 is 0 Å². The summed E-state index contributed by atoms with van der Waals surface area (Å²) in [5, 5.41) is 4.87. The highest BCUT2D eigenvalue weighted by Gasteiger charge is 2.17. The SMILES string of the molecule is NCCOc1cc(Cl)c2c(-c3ccccc3F)noc2c1. The van der Waals surface area contributed by atoms with Gasteiger partial charge in [-0.2, -0.15) is 0 Å². The van der Waals surface area contributed by atoms with E-state index < -0.39 is 0 Å². The molecule has 0 saturated carbocycles. The Morgan fingerprint density at radius 3 is 2.86 bits per heavy atom. The lowest BCUT2D eigenvalue weighted by molar-refractivity contribution is 0.328. The van der Waals surface area contributed by atoms with E-state index in [-0.39, 0.29) is 5.82 Å². The summed E-state index contributed by atoms with van der Waals surface area (Å²) < 4.78 is 24.6. The monoisotopic (exact) mass is 306 g/mol. The molecule has 0 radical (unpaired) electrons. The lowest BCUT2D eigenvalue weighted by Crippen LogP contribution is -2.10. The van der Waals surface area contributed by atoms with E-state index in [1.165, 1.54) is 6.07 Å². The molecule has 6 heteroatoms. The average Bonchev–Trinajstić information content (AvgIpc) is 2.90. The molecule has 0 bridgehead atoms. The third-order valence-corrected chi connectivity index (χ3v) is 3.31. The predicted octanol–water partition coefficient (Wildman–Crippen LogP) is 3.62. The van der Waals surface area contributed by atoms with Crippen LogP contribution in [0.2, 0.25) is 5.02 Å². The van der Waals surface area contributed by atoms with Crippen LogP contribution in [-0.2, 0) is 0 Å². The molecule has 1 aromatic heterocycles. The van der Waals surface area contributed by atoms with Crippen LogP contribution in [0, 0.1) is 5.82 Å². The molecule has 0 atom stereocenters. The van der Waals surface area contributed by atoms with Gasteiger partial charge in [-0.1, -0.05) is 28.9 Å². The van der Waals surface area contributed by atoms with Gasteiger partial charge in [-0.15, -0.1) is 0 Å². The minimum absolute atomic E-state index is 0.341. The summed E-state index contributed by atoms with van der Waals surface area (Å²) in [5.41, 5.74) is 6.54. The van der Waals surface area contributed by atoms with Gasteiger partial charge in [0.2, 0.25) is 0 Å². The van der Waals surface area contributed by atoms with Gasteiger partial charge in [0, 0.05) is 18.2 Å². The van der Waals surface area contributed by atoms with Crippen molar-refractivity contribution in [2.75, 3.05) is 13.2 Å². The van der Waals surface area contributed by atoms with Crippen LogP contribution in [0.15, 0.2) is 40.9 Å². The lowest BCUT2D eigenvalue weighted by Gasteiger charge is -2.05. The van der Waals surface area contributed by atoms with Crippen molar-refractivity contribution in [3.05, 3.63) is 47.2 Å². The van der Waals surface area contributed by atoms with E-state index >= 15 is 0 Å². The molecule has 0 amide bonds. The zero-order valence-corrected chi connectivity index (χ0v) is 11.7. The Morgan fingerprint density at radius 1 is 1.29 bits per heavy atom. The van der Waals surface area contributed by atoms with Gasteiger partial charge in [0.15, 0.2) is 5.58 Å². The van der Waals surface area contributed by atoms with Crippen LogP contribution < -0.4 is 10.5 Å². The zero-order chi connectivity index (χ0) is 14.8. The second kappa shape index (κ2) is 5.71. The van der Waals surface area contributed by atoms with Gasteiger partial charge in [-0.05, 0) is 18.2 Å². The summed E-state index contributed by atoms with van der Waals surface area (Å²) in [4.78, 5) is 0. The maximum Gasteiger partial charge on any atom is 0.172 e. The summed E-state index contributed by atoms with van der Waals surface area (Å²) in [6.07, 6.45) is 0. The third-order valence-electron chi connectivity index (χ3n) is 3.02. The Hall–Kier alpha value is -2.11. The van der Waals surface area contributed by atoms with E-state index in [1.807, 2.05) is 0 Å². The van der Waals surface area contributed by atoms with Crippen molar-refractivity contribution in [3.8, 4) is 17.0 Å². The van der Waals surface area contributed by atoms with Crippen molar-refractivity contribution in [1.29, 1.82) is 0 Å². The quantitative estimate of drug-likeness (QED) is 0.799. The largest absolute Gasteiger partial charge is 0.492 e. The second-order valence-corrected chi connectivity index (χ2v) is 4.83. The molecular weight excluding hydrogens is 295 g/mol. The molecule has 0 aliphatic rings. The molecule has 0 aliphatic carbocycles. The van der Waals surface area contributed by atoms with E-state index in [4.69, 9.17) is 26.6 Å². The topological polar surface area (TPSA) is 61.3 Å². The van der Waals surface area contributed by atoms with E-state index in [1.54, 1.807) is 30.3 Å². The molecule has 108 valence electrons. The summed E-state index contributed by atoms with van der Waals surface area (Å²) in [7, 11) is 0. The molecule has 0 unspecified atom stereocenters. The maximum atomic E-state index is 13.9. The van der Waals surface area contributed by atoms with Gasteiger partial charge in [-0.25, -0.2) is 4.39 Å². The molecule has 0 aliphatic heterocycles. The molecular formula is C15H12ClFN2O2. The number of halogens is 2. The van der Waals surface area contributed by atoms with Gasteiger partial charge in [-0.3, -0.25) is 0 Å². The van der Waals surface area contributed by atoms with Crippen molar-refractivity contribution in [2.24, 2.45) is 5.73 Å². The number of hydrogen-bond acceptors (Lipinski definition) is 4. The predicted molar refractivity (Wildman–Crippen MR) is 79.0 cm³/mol. The molecule has 4 nitrogen and oxygen atoms in total. The molecule has 0 spiro atoms. The summed E-state index contributed by atoms with van der Waals surface area (Å²) in [6, 6.07) is 9.63. The lowest BCUT2D eigenvalue weighted by atomic mass is 10.1. The fourth-order valence-electron chi connectivity index (χ4n) is 2.10. The van der Waals surface area contributed by atoms with Gasteiger partial charge in [0.25, 0.3) is 0 Å². The van der Waals surface area contributed by atoms with Crippen LogP contribution in [0.3, 0.4) is 0 Å². The van der Waals surface area contributed by atoms with Gasteiger partial charge in [0.05, 0.1) is 10.4 Å². The average molecular weight is 307 g/mol. The van der Waals surface area contributed by atoms with E-state index in [9.17, 15) is 4.39 Å². The summed E-state index contributed by atoms with van der Waals surface area (Å²) in [5.74, 6) is 0.154. The first kappa shape index (κ1) is 13.9. The van der Waals surface area contributed by atoms with Crippen LogP contribution in [-0.4, -0.2) is 18.3 Å². The molecule has 3 aromatic rings. The molecule has 21 heavy (non-hydrogen) atoms. The van der Waals surface area contributed by atoms with Crippen LogP contribution in [0.25, 0.3) is 22.2 Å². The minimum atomic E-state index is -0.382. The Kier molecular flexibility index (Phi) is 3.77. The number of aromatic nitrogens is 1. The van der Waals surface area contributed by atoms with Crippen LogP contribution in [0.5, 0.6) is 5.75 Å². The number of ether oxygens (including phenoxy) is 1. The number of nitrogens with two attached hydrogens (primary N) is 1. The summed E-state index contributed by atoms with van der Waals surface area (Å²) in [6.45, 7) is 0.767. The van der Waals surface area contributed by atoms with Gasteiger partial charge < -0.3 is 15.0 Å². The van der Waals surface area contributed by atoms with Crippen molar-refractivity contribution in [1.82, 2.24) is 5.16 Å². The Balaban J connectivity index is 2.13. The number of hydrogen-bond donors (Lipinski definition) is 1. The third kappa shape index (κ3) is 2.57. The normalized spacial score (nSPS) is 11.0. The van der Waals surface area contributed by atoms with E-state index in [0.29, 0.717) is 46.2 Å². The van der Waals surface area contributed by atoms with Crippen molar-refractivity contribution >= 4 is 22.6 Å². The minimum Gasteiger partial charge on any atom is -0.492 e. The molecule has 3 rings (SSSR count). The number of fused-ring (bicyclic) bond motifs is 1. The van der Waals surface area contributed by atoms with E-state index in [2.05, 4.69) is 5.16 Å². The molecule has 0 saturated heterocycles. The van der Waals surface area contributed by atoms with E-state index in [0.717, 1.165) is 0 Å². The van der Waals surface area contributed by atoms with Crippen LogP contribution in [0.1, 0.15) is 0 Å². The highest BCUT2D eigenvalue weighted by Crippen LogP contribution is 2.37. The first-order chi connectivity index (χ1) is 10.2. The number of rotatable bonds is 4. The fourth-order valence-corrected chi connectivity index (χ4v) is 2.39. The van der Waals surface area contributed by atoms with Crippen LogP contribution >= 0.6 is 11.6 Å². The smallest absolute Gasteiger partial charge is 0.172 e. The second-order valence-electron chi connectivity index (χ2n) is 4.43. The van der Waals surface area contributed by atoms with Crippen molar-refractivity contribution < 1.29 is 13.7 Å².